The lowest BCUT2D eigenvalue weighted by Crippen LogP contribution is -2.70. The molecule has 4 aliphatic rings. The first-order chi connectivity index (χ1) is 20.0. The normalized spacial score (nSPS) is 23.8. The lowest BCUT2D eigenvalue weighted by molar-refractivity contribution is -0.211. The Morgan fingerprint density at radius 2 is 1.79 bits per heavy atom. The Hall–Kier alpha value is -3.34. The Labute approximate surface area is 244 Å². The zero-order valence-electron chi connectivity index (χ0n) is 23.1. The molecule has 42 heavy (non-hydrogen) atoms. The number of unbranched alkanes of at least 4 members (excludes halogenated alkanes) is 2. The summed E-state index contributed by atoms with van der Waals surface area (Å²) < 4.78 is 60.5. The maximum absolute atomic E-state index is 14.4. The number of halogens is 4. The predicted molar refractivity (Wildman–Crippen MR) is 151 cm³/mol. The number of carbonyl (C=O) groups is 1. The number of fused-ring (bicyclic) bond motifs is 1. The summed E-state index contributed by atoms with van der Waals surface area (Å²) in [5, 5.41) is 4.78. The van der Waals surface area contributed by atoms with E-state index < -0.39 is 22.7 Å². The molecular formula is C31H30F4N4O2S. The molecule has 0 aliphatic heterocycles. The van der Waals surface area contributed by atoms with Crippen LogP contribution < -0.4 is 4.90 Å². The van der Waals surface area contributed by atoms with E-state index in [2.05, 4.69) is 21.2 Å². The number of thiazole rings is 1. The zero-order valence-corrected chi connectivity index (χ0v) is 24.0. The molecule has 2 aromatic heterocycles. The van der Waals surface area contributed by atoms with Crippen LogP contribution in [-0.4, -0.2) is 39.4 Å². The molecule has 0 spiro atoms. The third kappa shape index (κ3) is 4.60. The van der Waals surface area contributed by atoms with Gasteiger partial charge in [0.15, 0.2) is 5.82 Å². The summed E-state index contributed by atoms with van der Waals surface area (Å²) in [7, 11) is 0. The second kappa shape index (κ2) is 9.59. The van der Waals surface area contributed by atoms with Crippen LogP contribution >= 0.6 is 11.3 Å². The number of rotatable bonds is 10. The minimum absolute atomic E-state index is 0.0201. The van der Waals surface area contributed by atoms with E-state index in [-0.39, 0.29) is 49.7 Å². The van der Waals surface area contributed by atoms with Gasteiger partial charge in [-0.05, 0) is 87.3 Å². The average molecular weight is 599 g/mol. The minimum atomic E-state index is -4.39. The van der Waals surface area contributed by atoms with Gasteiger partial charge < -0.3 is 9.42 Å². The van der Waals surface area contributed by atoms with Gasteiger partial charge in [-0.2, -0.15) is 18.2 Å². The zero-order chi connectivity index (χ0) is 29.3. The third-order valence-electron chi connectivity index (χ3n) is 9.10. The van der Waals surface area contributed by atoms with Crippen LogP contribution in [0.25, 0.3) is 21.3 Å². The van der Waals surface area contributed by atoms with Crippen LogP contribution in [0.5, 0.6) is 0 Å². The molecule has 0 unspecified atom stereocenters. The fourth-order valence-electron chi connectivity index (χ4n) is 6.62. The summed E-state index contributed by atoms with van der Waals surface area (Å²) in [6.07, 6.45) is -1.13. The number of carbonyl (C=O) groups excluding carboxylic acids is 1. The molecule has 0 N–H and O–H groups in total. The molecule has 8 rings (SSSR count). The lowest BCUT2D eigenvalue weighted by Gasteiger charge is -2.65. The fraction of sp³-hybridized carbons (Fsp3) is 0.484. The smallest absolute Gasteiger partial charge is 0.338 e. The number of aromatic nitrogens is 3. The van der Waals surface area contributed by atoms with Gasteiger partial charge in [-0.15, -0.1) is 11.3 Å². The van der Waals surface area contributed by atoms with Crippen molar-refractivity contribution in [1.82, 2.24) is 15.1 Å². The van der Waals surface area contributed by atoms with Crippen LogP contribution in [0.15, 0.2) is 47.0 Å². The standard InChI is InChI=1S/C31H30F4N4O2S/c1-19-36-23-10-9-21(15-24(23)42-19)20-6-5-7-22(14-20)39(27(40)28-16-29(32,17-28)18-28)13-4-2-3-8-25-37-26(41-38-25)30(11-12-30)31(33,34)35/h5-7,9-10,14-15H,2-4,8,11-13,16-18H2,1H3. The lowest BCUT2D eigenvalue weighted by atomic mass is 9.42. The molecule has 4 aliphatic carbocycles. The van der Waals surface area contributed by atoms with Crippen molar-refractivity contribution in [2.75, 3.05) is 11.4 Å². The molecule has 2 aromatic carbocycles. The van der Waals surface area contributed by atoms with Gasteiger partial charge in [0, 0.05) is 18.7 Å². The van der Waals surface area contributed by atoms with E-state index in [0.717, 1.165) is 38.5 Å². The van der Waals surface area contributed by atoms with E-state index in [1.165, 1.54) is 0 Å². The molecule has 0 atom stereocenters. The summed E-state index contributed by atoms with van der Waals surface area (Å²) in [4.78, 5) is 24.1. The van der Waals surface area contributed by atoms with Gasteiger partial charge in [-0.3, -0.25) is 4.79 Å². The first-order valence-electron chi connectivity index (χ1n) is 14.4. The quantitative estimate of drug-likeness (QED) is 0.137. The number of hydrogen-bond acceptors (Lipinski definition) is 6. The summed E-state index contributed by atoms with van der Waals surface area (Å²) >= 11 is 1.64. The summed E-state index contributed by atoms with van der Waals surface area (Å²) in [5.41, 5.74) is -0.00614. The van der Waals surface area contributed by atoms with Crippen LogP contribution in [0, 0.1) is 12.3 Å². The van der Waals surface area contributed by atoms with E-state index in [1.807, 2.05) is 43.3 Å². The number of amides is 1. The number of alkyl halides is 4. The van der Waals surface area contributed by atoms with E-state index in [9.17, 15) is 22.4 Å². The first kappa shape index (κ1) is 27.5. The number of benzene rings is 2. The average Bonchev–Trinajstić information content (AvgIpc) is 3.47. The number of nitrogens with zero attached hydrogens (tertiary/aromatic N) is 4. The van der Waals surface area contributed by atoms with Gasteiger partial charge in [0.05, 0.1) is 20.6 Å². The molecule has 0 radical (unpaired) electrons. The molecule has 1 amide bonds. The van der Waals surface area contributed by atoms with Crippen LogP contribution in [0.2, 0.25) is 0 Å². The van der Waals surface area contributed by atoms with E-state index >= 15 is 0 Å². The van der Waals surface area contributed by atoms with Gasteiger partial charge in [-0.25, -0.2) is 9.37 Å². The van der Waals surface area contributed by atoms with Crippen LogP contribution in [0.1, 0.15) is 68.1 Å². The van der Waals surface area contributed by atoms with Gasteiger partial charge in [0.2, 0.25) is 11.8 Å². The number of anilines is 1. The van der Waals surface area contributed by atoms with Crippen LogP contribution in [-0.2, 0) is 16.6 Å². The highest BCUT2D eigenvalue weighted by atomic mass is 32.1. The Kier molecular flexibility index (Phi) is 6.27. The highest BCUT2D eigenvalue weighted by Crippen LogP contribution is 2.70. The fourth-order valence-corrected chi connectivity index (χ4v) is 7.49. The number of aryl methyl sites for hydroxylation is 2. The summed E-state index contributed by atoms with van der Waals surface area (Å²) in [5.74, 6) is -0.0933. The van der Waals surface area contributed by atoms with Gasteiger partial charge in [0.1, 0.15) is 11.1 Å². The van der Waals surface area contributed by atoms with E-state index in [0.29, 0.717) is 25.8 Å². The van der Waals surface area contributed by atoms with Crippen molar-refractivity contribution >= 4 is 33.1 Å². The predicted octanol–water partition coefficient (Wildman–Crippen LogP) is 7.89. The van der Waals surface area contributed by atoms with Gasteiger partial charge >= 0.3 is 6.18 Å². The Morgan fingerprint density at radius 3 is 2.50 bits per heavy atom. The summed E-state index contributed by atoms with van der Waals surface area (Å²) in [6.45, 7) is 2.45. The molecule has 0 saturated heterocycles. The topological polar surface area (TPSA) is 72.1 Å². The Balaban J connectivity index is 1.03. The third-order valence-corrected chi connectivity index (χ3v) is 10.0. The molecule has 11 heteroatoms. The van der Waals surface area contributed by atoms with Crippen molar-refractivity contribution in [3.05, 3.63) is 59.2 Å². The minimum Gasteiger partial charge on any atom is -0.338 e. The monoisotopic (exact) mass is 598 g/mol. The molecule has 2 heterocycles. The Morgan fingerprint density at radius 1 is 1.02 bits per heavy atom. The Bertz CT molecular complexity index is 1650. The largest absolute Gasteiger partial charge is 0.403 e. The molecule has 4 saturated carbocycles. The highest BCUT2D eigenvalue weighted by Gasteiger charge is 2.73. The molecule has 2 bridgehead atoms. The maximum atomic E-state index is 14.4. The second-order valence-corrected chi connectivity index (χ2v) is 13.5. The maximum Gasteiger partial charge on any atom is 0.403 e. The van der Waals surface area contributed by atoms with Gasteiger partial charge in [0.25, 0.3) is 0 Å². The van der Waals surface area contributed by atoms with Gasteiger partial charge in [-0.1, -0.05) is 29.8 Å². The van der Waals surface area contributed by atoms with Crippen molar-refractivity contribution in [2.45, 2.75) is 82.0 Å². The first-order valence-corrected chi connectivity index (χ1v) is 15.2. The molecular weight excluding hydrogens is 568 g/mol. The van der Waals surface area contributed by atoms with Crippen LogP contribution in [0.4, 0.5) is 23.2 Å². The number of hydrogen-bond donors (Lipinski definition) is 0. The molecule has 6 nitrogen and oxygen atoms in total. The van der Waals surface area contributed by atoms with Crippen molar-refractivity contribution in [1.29, 1.82) is 0 Å². The highest BCUT2D eigenvalue weighted by molar-refractivity contribution is 7.18. The van der Waals surface area contributed by atoms with Crippen LogP contribution in [0.3, 0.4) is 0 Å². The van der Waals surface area contributed by atoms with E-state index in [4.69, 9.17) is 4.52 Å². The van der Waals surface area contributed by atoms with Crippen molar-refractivity contribution in [3.8, 4) is 11.1 Å². The molecule has 4 aromatic rings. The van der Waals surface area contributed by atoms with Crippen molar-refractivity contribution < 1.29 is 26.9 Å². The molecule has 4 fully saturated rings. The van der Waals surface area contributed by atoms with Crippen molar-refractivity contribution in [2.24, 2.45) is 5.41 Å². The second-order valence-electron chi connectivity index (χ2n) is 12.3. The summed E-state index contributed by atoms with van der Waals surface area (Å²) in [6, 6.07) is 14.0. The SMILES string of the molecule is Cc1nc2ccc(-c3cccc(N(CCCCCc4noc(C5(C(F)(F)F)CC5)n4)C(=O)C45CC(F)(C4)C5)c3)cc2s1. The van der Waals surface area contributed by atoms with Crippen molar-refractivity contribution in [3.63, 3.8) is 0 Å². The van der Waals surface area contributed by atoms with E-state index in [1.54, 1.807) is 16.2 Å². The molecule has 220 valence electrons.